The third-order valence-electron chi connectivity index (χ3n) is 5.65. The Morgan fingerprint density at radius 1 is 0.786 bits per heavy atom. The normalized spacial score (nSPS) is 17.7. The minimum Gasteiger partial charge on any atom is -0.339 e. The molecule has 2 aromatic carbocycles. The summed E-state index contributed by atoms with van der Waals surface area (Å²) < 4.78 is 27.9. The van der Waals surface area contributed by atoms with Crippen molar-refractivity contribution in [2.24, 2.45) is 0 Å². The van der Waals surface area contributed by atoms with E-state index in [0.29, 0.717) is 12.1 Å². The summed E-state index contributed by atoms with van der Waals surface area (Å²) in [5.41, 5.74) is 2.38. The molecule has 0 saturated carbocycles. The Morgan fingerprint density at radius 2 is 1.46 bits per heavy atom. The smallest absolute Gasteiger partial charge is 0.264 e. The van der Waals surface area contributed by atoms with E-state index in [1.54, 1.807) is 24.3 Å². The maximum atomic E-state index is 13.2. The fourth-order valence-corrected chi connectivity index (χ4v) is 5.64. The van der Waals surface area contributed by atoms with E-state index in [1.165, 1.54) is 4.31 Å². The van der Waals surface area contributed by atoms with Gasteiger partial charge in [-0.1, -0.05) is 31.0 Å². The van der Waals surface area contributed by atoms with E-state index in [0.717, 1.165) is 62.9 Å². The molecule has 0 atom stereocenters. The largest absolute Gasteiger partial charge is 0.339 e. The number of para-hydroxylation sites is 1. The number of aryl methyl sites for hydroxylation is 1. The molecule has 0 bridgehead atoms. The van der Waals surface area contributed by atoms with Gasteiger partial charge < -0.3 is 4.90 Å². The van der Waals surface area contributed by atoms with Gasteiger partial charge in [0.1, 0.15) is 0 Å². The van der Waals surface area contributed by atoms with Gasteiger partial charge in [0.25, 0.3) is 15.9 Å². The van der Waals surface area contributed by atoms with Crippen LogP contribution in [0.3, 0.4) is 0 Å². The molecule has 2 aliphatic heterocycles. The minimum atomic E-state index is -3.64. The van der Waals surface area contributed by atoms with Crippen LogP contribution in [0.1, 0.15) is 48.0 Å². The van der Waals surface area contributed by atoms with E-state index in [4.69, 9.17) is 0 Å². The lowest BCUT2D eigenvalue weighted by atomic mass is 10.0. The van der Waals surface area contributed by atoms with E-state index in [9.17, 15) is 13.2 Å². The molecule has 2 aromatic rings. The second kappa shape index (κ2) is 7.95. The van der Waals surface area contributed by atoms with Gasteiger partial charge in [-0.15, -0.1) is 0 Å². The third-order valence-corrected chi connectivity index (χ3v) is 7.48. The molecule has 0 spiro atoms. The van der Waals surface area contributed by atoms with Crippen molar-refractivity contribution in [1.29, 1.82) is 0 Å². The first kappa shape index (κ1) is 19.0. The predicted molar refractivity (Wildman–Crippen MR) is 110 cm³/mol. The zero-order valence-electron chi connectivity index (χ0n) is 16.0. The van der Waals surface area contributed by atoms with Crippen molar-refractivity contribution in [3.63, 3.8) is 0 Å². The summed E-state index contributed by atoms with van der Waals surface area (Å²) in [6, 6.07) is 14.1. The van der Waals surface area contributed by atoms with Crippen LogP contribution in [0.4, 0.5) is 5.69 Å². The zero-order valence-corrected chi connectivity index (χ0v) is 16.8. The number of amides is 1. The Morgan fingerprint density at radius 3 is 2.18 bits per heavy atom. The number of carbonyl (C=O) groups is 1. The van der Waals surface area contributed by atoms with Crippen LogP contribution < -0.4 is 4.31 Å². The van der Waals surface area contributed by atoms with Crippen molar-refractivity contribution in [3.05, 3.63) is 59.7 Å². The van der Waals surface area contributed by atoms with Crippen molar-refractivity contribution in [2.45, 2.75) is 43.4 Å². The van der Waals surface area contributed by atoms with Gasteiger partial charge >= 0.3 is 0 Å². The summed E-state index contributed by atoms with van der Waals surface area (Å²) >= 11 is 0. The molecule has 1 amide bonds. The maximum Gasteiger partial charge on any atom is 0.264 e. The summed E-state index contributed by atoms with van der Waals surface area (Å²) in [6.07, 6.45) is 6.10. The molecule has 2 aliphatic rings. The maximum absolute atomic E-state index is 13.2. The minimum absolute atomic E-state index is 0.00540. The molecule has 148 valence electrons. The van der Waals surface area contributed by atoms with E-state index >= 15 is 0 Å². The van der Waals surface area contributed by atoms with Crippen LogP contribution in [0.25, 0.3) is 0 Å². The monoisotopic (exact) mass is 398 g/mol. The quantitative estimate of drug-likeness (QED) is 0.789. The zero-order chi connectivity index (χ0) is 19.6. The van der Waals surface area contributed by atoms with Gasteiger partial charge in [-0.25, -0.2) is 8.42 Å². The predicted octanol–water partition coefficient (Wildman–Crippen LogP) is 3.84. The Kier molecular flexibility index (Phi) is 5.40. The summed E-state index contributed by atoms with van der Waals surface area (Å²) in [7, 11) is -3.64. The number of likely N-dealkylation sites (tertiary alicyclic amines) is 1. The number of hydrogen-bond donors (Lipinski definition) is 0. The van der Waals surface area contributed by atoms with E-state index < -0.39 is 10.0 Å². The van der Waals surface area contributed by atoms with Crippen LogP contribution in [0.5, 0.6) is 0 Å². The molecule has 5 nitrogen and oxygen atoms in total. The molecule has 0 aromatic heterocycles. The van der Waals surface area contributed by atoms with E-state index in [2.05, 4.69) is 0 Å². The van der Waals surface area contributed by atoms with Crippen molar-refractivity contribution in [2.75, 3.05) is 23.9 Å². The molecule has 1 fully saturated rings. The lowest BCUT2D eigenvalue weighted by Crippen LogP contribution is -2.35. The van der Waals surface area contributed by atoms with E-state index in [-0.39, 0.29) is 10.8 Å². The van der Waals surface area contributed by atoms with Crippen LogP contribution >= 0.6 is 0 Å². The van der Waals surface area contributed by atoms with Gasteiger partial charge in [0, 0.05) is 25.2 Å². The highest BCUT2D eigenvalue weighted by Gasteiger charge is 2.29. The number of sulfonamides is 1. The van der Waals surface area contributed by atoms with Crippen LogP contribution in [0.15, 0.2) is 53.4 Å². The molecule has 28 heavy (non-hydrogen) atoms. The molecular weight excluding hydrogens is 372 g/mol. The second-order valence-corrected chi connectivity index (χ2v) is 9.40. The number of anilines is 1. The molecule has 1 saturated heterocycles. The fraction of sp³-hybridized carbons (Fsp3) is 0.409. The van der Waals surface area contributed by atoms with E-state index in [1.807, 2.05) is 29.2 Å². The van der Waals surface area contributed by atoms with Gasteiger partial charge in [0.2, 0.25) is 0 Å². The molecule has 0 N–H and O–H groups in total. The number of nitrogens with zero attached hydrogens (tertiary/aromatic N) is 2. The average Bonchev–Trinajstić information content (AvgIpc) is 3.02. The highest BCUT2D eigenvalue weighted by atomic mass is 32.2. The summed E-state index contributed by atoms with van der Waals surface area (Å²) in [6.45, 7) is 2.04. The van der Waals surface area contributed by atoms with Gasteiger partial charge in [-0.05, 0) is 61.6 Å². The van der Waals surface area contributed by atoms with Crippen molar-refractivity contribution in [3.8, 4) is 0 Å². The lowest BCUT2D eigenvalue weighted by Gasteiger charge is -2.30. The molecule has 0 aliphatic carbocycles. The Balaban J connectivity index is 1.57. The lowest BCUT2D eigenvalue weighted by molar-refractivity contribution is 0.0761. The van der Waals surface area contributed by atoms with Gasteiger partial charge in [0.15, 0.2) is 0 Å². The summed E-state index contributed by atoms with van der Waals surface area (Å²) in [5, 5.41) is 0. The van der Waals surface area contributed by atoms with Crippen LogP contribution in [-0.2, 0) is 16.4 Å². The second-order valence-electron chi connectivity index (χ2n) is 7.54. The highest BCUT2D eigenvalue weighted by molar-refractivity contribution is 7.92. The number of fused-ring (bicyclic) bond motifs is 1. The summed E-state index contributed by atoms with van der Waals surface area (Å²) in [4.78, 5) is 14.9. The highest BCUT2D eigenvalue weighted by Crippen LogP contribution is 2.31. The number of carbonyl (C=O) groups excluding carboxylic acids is 1. The molecule has 2 heterocycles. The molecule has 0 radical (unpaired) electrons. The summed E-state index contributed by atoms with van der Waals surface area (Å²) in [5.74, 6) is -0.00540. The standard InChI is InChI=1S/C22H26N2O3S/c25-22(23-15-5-1-2-6-16-23)19-11-13-20(14-12-19)28(26,27)24-17-7-9-18-8-3-4-10-21(18)24/h3-4,8,10-14H,1-2,5-7,9,15-17H2. The van der Waals surface area contributed by atoms with Gasteiger partial charge in [0.05, 0.1) is 10.6 Å². The van der Waals surface area contributed by atoms with Crippen LogP contribution in [-0.4, -0.2) is 38.9 Å². The first-order chi connectivity index (χ1) is 13.6. The Bertz CT molecular complexity index is 946. The first-order valence-electron chi connectivity index (χ1n) is 10.1. The van der Waals surface area contributed by atoms with Crippen LogP contribution in [0.2, 0.25) is 0 Å². The first-order valence-corrected chi connectivity index (χ1v) is 11.5. The SMILES string of the molecule is O=C(c1ccc(S(=O)(=O)N2CCCc3ccccc32)cc1)N1CCCCCC1. The molecular formula is C22H26N2O3S. The topological polar surface area (TPSA) is 57.7 Å². The third kappa shape index (κ3) is 3.65. The van der Waals surface area contributed by atoms with Crippen molar-refractivity contribution >= 4 is 21.6 Å². The number of hydrogen-bond acceptors (Lipinski definition) is 3. The van der Waals surface area contributed by atoms with Gasteiger partial charge in [-0.3, -0.25) is 9.10 Å². The Hall–Kier alpha value is -2.34. The van der Waals surface area contributed by atoms with Crippen molar-refractivity contribution < 1.29 is 13.2 Å². The molecule has 6 heteroatoms. The average molecular weight is 399 g/mol. The fourth-order valence-electron chi connectivity index (χ4n) is 4.10. The Labute approximate surface area is 167 Å². The van der Waals surface area contributed by atoms with Crippen LogP contribution in [0, 0.1) is 0 Å². The van der Waals surface area contributed by atoms with Gasteiger partial charge in [-0.2, -0.15) is 0 Å². The molecule has 4 rings (SSSR count). The number of benzene rings is 2. The van der Waals surface area contributed by atoms with Crippen molar-refractivity contribution in [1.82, 2.24) is 4.90 Å². The molecule has 0 unspecified atom stereocenters. The number of rotatable bonds is 3.